The first-order valence-electron chi connectivity index (χ1n) is 16.2. The fourth-order valence-corrected chi connectivity index (χ4v) is 9.26. The minimum absolute atomic E-state index is 0.0525. The molecule has 2 aliphatic heterocycles. The van der Waals surface area contributed by atoms with E-state index in [-0.39, 0.29) is 41.0 Å². The van der Waals surface area contributed by atoms with Crippen molar-refractivity contribution in [2.24, 2.45) is 23.2 Å². The van der Waals surface area contributed by atoms with Gasteiger partial charge in [0.15, 0.2) is 17.7 Å². The molecule has 1 spiro atoms. The molecule has 3 fully saturated rings. The minimum atomic E-state index is -0.999. The Morgan fingerprint density at radius 3 is 2.58 bits per heavy atom. The highest BCUT2D eigenvalue weighted by atomic mass is 16.8. The van der Waals surface area contributed by atoms with Crippen molar-refractivity contribution in [3.05, 3.63) is 47.2 Å². The lowest BCUT2D eigenvalue weighted by atomic mass is 9.43. The minimum Gasteiger partial charge on any atom is -0.446 e. The first kappa shape index (κ1) is 30.4. The monoisotopic (exact) mass is 592 g/mol. The molecule has 8 atom stereocenters. The predicted molar refractivity (Wildman–Crippen MR) is 165 cm³/mol. The molecule has 1 aromatic carbocycles. The van der Waals surface area contributed by atoms with E-state index in [1.165, 1.54) is 16.6 Å². The number of carbonyl (C=O) groups excluding carboxylic acids is 2. The number of aromatic amines is 1. The number of carbonyl (C=O) groups is 2. The van der Waals surface area contributed by atoms with Crippen molar-refractivity contribution in [2.45, 2.75) is 116 Å². The van der Waals surface area contributed by atoms with Crippen LogP contribution in [0.1, 0.15) is 85.9 Å². The highest BCUT2D eigenvalue weighted by Gasteiger charge is 2.72. The van der Waals surface area contributed by atoms with Crippen LogP contribution in [-0.2, 0) is 30.8 Å². The van der Waals surface area contributed by atoms with E-state index >= 15 is 0 Å². The summed E-state index contributed by atoms with van der Waals surface area (Å²) in [5.41, 5.74) is 3.22. The number of ether oxygens (including phenoxy) is 3. The van der Waals surface area contributed by atoms with Gasteiger partial charge in [-0.05, 0) is 73.6 Å². The SMILES string of the molecule is CC.CC(C)C(CO)NC(=O)O[C@H]1C[C@H]2Cc3c([nH]c4ccccc34)[C@]2(C)C2(C)CCC34OC(C(=O)C=C3C12)C(C)(C)O4. The number of para-hydroxylation sites is 1. The van der Waals surface area contributed by atoms with Crippen LogP contribution in [0.3, 0.4) is 0 Å². The quantitative estimate of drug-likeness (QED) is 0.405. The highest BCUT2D eigenvalue weighted by molar-refractivity contribution is 5.97. The molecule has 2 saturated carbocycles. The number of hydrogen-bond donors (Lipinski definition) is 3. The molecule has 3 N–H and O–H groups in total. The maximum Gasteiger partial charge on any atom is 0.407 e. The van der Waals surface area contributed by atoms with Crippen LogP contribution in [0.2, 0.25) is 0 Å². The first-order valence-corrected chi connectivity index (χ1v) is 16.2. The zero-order chi connectivity index (χ0) is 31.1. The molecule has 3 heterocycles. The van der Waals surface area contributed by atoms with Gasteiger partial charge in [0, 0.05) is 34.4 Å². The summed E-state index contributed by atoms with van der Waals surface area (Å²) in [4.78, 5) is 30.6. The lowest BCUT2D eigenvalue weighted by Crippen LogP contribution is -2.65. The van der Waals surface area contributed by atoms with Crippen molar-refractivity contribution in [3.63, 3.8) is 0 Å². The summed E-state index contributed by atoms with van der Waals surface area (Å²) in [5.74, 6) is -1.07. The fourth-order valence-electron chi connectivity index (χ4n) is 9.26. The van der Waals surface area contributed by atoms with Crippen molar-refractivity contribution in [2.75, 3.05) is 6.61 Å². The standard InChI is InChI=1S/C33H42N2O6.C2H6/c1-17(2)23(16-36)35-29(38)39-25-14-18-13-20-19-9-7-8-10-22(19)34-27(20)32(18,6)31(5)11-12-33-21(26(25)31)15-24(37)28(40-33)30(3,4)41-33;1-2/h7-10,15,17-18,23,25-26,28,34,36H,11-14,16H2,1-6H3,(H,35,38);1-2H3/t18-,23?,25+,26?,28?,31?,32-,33?;/m1./s1. The Hall–Kier alpha value is -2.68. The Labute approximate surface area is 254 Å². The molecule has 2 aromatic rings. The summed E-state index contributed by atoms with van der Waals surface area (Å²) < 4.78 is 19.5. The molecule has 43 heavy (non-hydrogen) atoms. The van der Waals surface area contributed by atoms with E-state index < -0.39 is 35.7 Å². The van der Waals surface area contributed by atoms with Gasteiger partial charge in [0.2, 0.25) is 0 Å². The number of benzene rings is 1. The number of rotatable bonds is 4. The molecule has 5 aliphatic rings. The topological polar surface area (TPSA) is 110 Å². The summed E-state index contributed by atoms with van der Waals surface area (Å²) >= 11 is 0. The van der Waals surface area contributed by atoms with Crippen molar-refractivity contribution in [3.8, 4) is 0 Å². The van der Waals surface area contributed by atoms with E-state index in [0.717, 1.165) is 23.9 Å². The van der Waals surface area contributed by atoms with Crippen LogP contribution in [0.15, 0.2) is 35.9 Å². The van der Waals surface area contributed by atoms with Gasteiger partial charge in [-0.15, -0.1) is 0 Å². The zero-order valence-electron chi connectivity index (χ0n) is 26.9. The molecule has 7 rings (SSSR count). The second-order valence-electron chi connectivity index (χ2n) is 14.3. The average molecular weight is 593 g/mol. The van der Waals surface area contributed by atoms with Gasteiger partial charge in [-0.25, -0.2) is 4.79 Å². The van der Waals surface area contributed by atoms with Crippen LogP contribution in [0.4, 0.5) is 4.79 Å². The van der Waals surface area contributed by atoms with Crippen LogP contribution in [0.5, 0.6) is 0 Å². The van der Waals surface area contributed by atoms with E-state index in [2.05, 4.69) is 48.4 Å². The van der Waals surface area contributed by atoms with Gasteiger partial charge < -0.3 is 29.6 Å². The zero-order valence-corrected chi connectivity index (χ0v) is 26.9. The molecular formula is C35H48N2O6. The van der Waals surface area contributed by atoms with Crippen LogP contribution < -0.4 is 5.32 Å². The number of aliphatic hydroxyl groups is 1. The Morgan fingerprint density at radius 2 is 1.88 bits per heavy atom. The molecule has 0 radical (unpaired) electrons. The van der Waals surface area contributed by atoms with Crippen molar-refractivity contribution in [1.29, 1.82) is 0 Å². The number of ketones is 1. The predicted octanol–water partition coefficient (Wildman–Crippen LogP) is 5.96. The first-order chi connectivity index (χ1) is 20.3. The van der Waals surface area contributed by atoms with Gasteiger partial charge in [0.1, 0.15) is 11.7 Å². The summed E-state index contributed by atoms with van der Waals surface area (Å²) in [6, 6.07) is 8.07. The number of alkyl carbamates (subject to hydrolysis) is 1. The molecule has 234 valence electrons. The Morgan fingerprint density at radius 1 is 1.16 bits per heavy atom. The van der Waals surface area contributed by atoms with Gasteiger partial charge >= 0.3 is 6.09 Å². The summed E-state index contributed by atoms with van der Waals surface area (Å²) in [6.45, 7) is 16.3. The number of H-pyrrole nitrogens is 1. The van der Waals surface area contributed by atoms with Crippen LogP contribution in [0, 0.1) is 23.2 Å². The maximum atomic E-state index is 13.5. The van der Waals surface area contributed by atoms with Gasteiger partial charge in [-0.1, -0.05) is 59.7 Å². The van der Waals surface area contributed by atoms with Crippen molar-refractivity contribution < 1.29 is 28.9 Å². The van der Waals surface area contributed by atoms with E-state index in [4.69, 9.17) is 14.2 Å². The lowest BCUT2D eigenvalue weighted by molar-refractivity contribution is -0.218. The lowest BCUT2D eigenvalue weighted by Gasteiger charge is -2.63. The molecule has 3 aliphatic carbocycles. The molecule has 5 unspecified atom stereocenters. The largest absolute Gasteiger partial charge is 0.446 e. The third-order valence-corrected chi connectivity index (χ3v) is 11.6. The summed E-state index contributed by atoms with van der Waals surface area (Å²) in [6.07, 6.45) is 3.07. The number of nitrogens with one attached hydrogen (secondary N) is 2. The molecule has 1 amide bonds. The van der Waals surface area contributed by atoms with Gasteiger partial charge in [-0.2, -0.15) is 0 Å². The third-order valence-electron chi connectivity index (χ3n) is 11.6. The van der Waals surface area contributed by atoms with Gasteiger partial charge in [-0.3, -0.25) is 4.79 Å². The summed E-state index contributed by atoms with van der Waals surface area (Å²) in [7, 11) is 0. The number of fused-ring (bicyclic) bond motifs is 9. The van der Waals surface area contributed by atoms with Crippen molar-refractivity contribution >= 4 is 22.8 Å². The Bertz CT molecular complexity index is 1480. The normalized spacial score (nSPS) is 37.3. The third kappa shape index (κ3) is 4.12. The van der Waals surface area contributed by atoms with E-state index in [1.807, 2.05) is 41.5 Å². The summed E-state index contributed by atoms with van der Waals surface area (Å²) in [5, 5.41) is 14.0. The highest BCUT2D eigenvalue weighted by Crippen LogP contribution is 2.70. The second kappa shape index (κ2) is 10.2. The van der Waals surface area contributed by atoms with E-state index in [0.29, 0.717) is 12.8 Å². The number of hydrogen-bond acceptors (Lipinski definition) is 6. The fraction of sp³-hybridized carbons (Fsp3) is 0.657. The number of amides is 1. The Balaban J connectivity index is 0.00000161. The van der Waals surface area contributed by atoms with Gasteiger partial charge in [0.05, 0.1) is 12.6 Å². The average Bonchev–Trinajstić information content (AvgIpc) is 3.55. The molecular weight excluding hydrogens is 544 g/mol. The number of aromatic nitrogens is 1. The second-order valence-corrected chi connectivity index (χ2v) is 14.3. The molecule has 1 saturated heterocycles. The van der Waals surface area contributed by atoms with E-state index in [1.54, 1.807) is 6.08 Å². The molecule has 1 aromatic heterocycles. The van der Waals surface area contributed by atoms with Crippen LogP contribution in [-0.4, -0.2) is 58.2 Å². The maximum absolute atomic E-state index is 13.5. The Kier molecular flexibility index (Phi) is 7.18. The molecule has 8 nitrogen and oxygen atoms in total. The number of aliphatic hydroxyl groups excluding tert-OH is 1. The molecule has 8 heteroatoms. The van der Waals surface area contributed by atoms with E-state index in [9.17, 15) is 14.7 Å². The van der Waals surface area contributed by atoms with Gasteiger partial charge in [0.25, 0.3) is 0 Å². The smallest absolute Gasteiger partial charge is 0.407 e. The van der Waals surface area contributed by atoms with Crippen LogP contribution >= 0.6 is 0 Å². The molecule has 2 bridgehead atoms. The van der Waals surface area contributed by atoms with Crippen molar-refractivity contribution in [1.82, 2.24) is 10.3 Å². The van der Waals surface area contributed by atoms with Crippen LogP contribution in [0.25, 0.3) is 10.9 Å².